The van der Waals surface area contributed by atoms with Crippen LogP contribution in [0.5, 0.6) is 0 Å². The number of benzene rings is 2. The molecule has 0 nitrogen and oxygen atoms in total. The van der Waals surface area contributed by atoms with Crippen molar-refractivity contribution in [2.45, 2.75) is 64.7 Å². The second-order valence-electron chi connectivity index (χ2n) is 5.86. The molecule has 21 heavy (non-hydrogen) atoms. The Labute approximate surface area is 152 Å². The Morgan fingerprint density at radius 1 is 0.667 bits per heavy atom. The minimum atomic E-state index is 0. The van der Waals surface area contributed by atoms with Gasteiger partial charge in [-0.05, 0) is 29.2 Å². The van der Waals surface area contributed by atoms with Gasteiger partial charge in [0.1, 0.15) is 0 Å². The molecule has 0 fully saturated rings. The van der Waals surface area contributed by atoms with Crippen LogP contribution in [0.25, 0.3) is 10.8 Å². The molecule has 1 heteroatoms. The molecule has 0 amide bonds. The third-order valence-electron chi connectivity index (χ3n) is 4.18. The van der Waals surface area contributed by atoms with Gasteiger partial charge in [-0.1, -0.05) is 94.3 Å². The van der Waals surface area contributed by atoms with Crippen LogP contribution in [-0.4, -0.2) is 29.6 Å². The van der Waals surface area contributed by atoms with Crippen molar-refractivity contribution < 1.29 is 0 Å². The van der Waals surface area contributed by atoms with E-state index >= 15 is 0 Å². The molecule has 0 saturated heterocycles. The summed E-state index contributed by atoms with van der Waals surface area (Å²) in [5, 5.41) is 2.82. The number of hydrogen-bond acceptors (Lipinski definition) is 0. The first kappa shape index (κ1) is 18.7. The molecule has 0 spiro atoms. The van der Waals surface area contributed by atoms with Gasteiger partial charge in [0.2, 0.25) is 0 Å². The summed E-state index contributed by atoms with van der Waals surface area (Å²) in [7, 11) is 0. The normalized spacial score (nSPS) is 10.5. The standard InChI is InChI=1S/C20H28.Na/c1-2-3-4-5-6-7-8-9-13-18-15-12-16-19-14-10-11-17-20(18)19;/h10-12,14-17H,2-9,13H2,1H3;. The van der Waals surface area contributed by atoms with Crippen molar-refractivity contribution in [2.24, 2.45) is 0 Å². The molecule has 0 aliphatic carbocycles. The van der Waals surface area contributed by atoms with Gasteiger partial charge >= 0.3 is 0 Å². The molecule has 2 aromatic rings. The van der Waals surface area contributed by atoms with E-state index in [9.17, 15) is 0 Å². The topological polar surface area (TPSA) is 0 Å². The third-order valence-corrected chi connectivity index (χ3v) is 4.18. The number of fused-ring (bicyclic) bond motifs is 1. The van der Waals surface area contributed by atoms with Crippen molar-refractivity contribution in [3.8, 4) is 0 Å². The fourth-order valence-electron chi connectivity index (χ4n) is 2.96. The van der Waals surface area contributed by atoms with E-state index in [4.69, 9.17) is 0 Å². The van der Waals surface area contributed by atoms with Gasteiger partial charge in [0, 0.05) is 29.6 Å². The Balaban J connectivity index is 0.00000220. The molecule has 0 saturated carbocycles. The van der Waals surface area contributed by atoms with Crippen LogP contribution in [0.1, 0.15) is 63.9 Å². The zero-order valence-corrected chi connectivity index (χ0v) is 15.9. The van der Waals surface area contributed by atoms with Crippen molar-refractivity contribution in [1.29, 1.82) is 0 Å². The predicted molar refractivity (Wildman–Crippen MR) is 96.0 cm³/mol. The summed E-state index contributed by atoms with van der Waals surface area (Å²) in [6, 6.07) is 15.5. The molecule has 0 aliphatic heterocycles. The molecule has 2 rings (SSSR count). The van der Waals surface area contributed by atoms with Gasteiger partial charge in [-0.3, -0.25) is 0 Å². The zero-order chi connectivity index (χ0) is 14.0. The predicted octanol–water partition coefficient (Wildman–Crippen LogP) is 6.14. The van der Waals surface area contributed by atoms with Gasteiger partial charge in [0.25, 0.3) is 0 Å². The second kappa shape index (κ2) is 11.3. The first-order valence-electron chi connectivity index (χ1n) is 8.38. The van der Waals surface area contributed by atoms with Crippen LogP contribution < -0.4 is 0 Å². The molecule has 2 aromatic carbocycles. The van der Waals surface area contributed by atoms with Crippen LogP contribution in [0.3, 0.4) is 0 Å². The molecule has 0 aliphatic rings. The summed E-state index contributed by atoms with van der Waals surface area (Å²) in [4.78, 5) is 0. The van der Waals surface area contributed by atoms with Crippen LogP contribution in [-0.2, 0) is 6.42 Å². The van der Waals surface area contributed by atoms with E-state index in [1.807, 2.05) is 0 Å². The maximum Gasteiger partial charge on any atom is 0 e. The molecule has 109 valence electrons. The van der Waals surface area contributed by atoms with Crippen molar-refractivity contribution >= 4 is 40.3 Å². The maximum atomic E-state index is 2.30. The molecular weight excluding hydrogens is 263 g/mol. The quantitative estimate of drug-likeness (QED) is 0.384. The molecule has 0 aromatic heterocycles. The first-order valence-corrected chi connectivity index (χ1v) is 8.38. The first-order chi connectivity index (χ1) is 9.92. The van der Waals surface area contributed by atoms with E-state index < -0.39 is 0 Å². The number of aryl methyl sites for hydroxylation is 1. The molecular formula is C20H28Na. The summed E-state index contributed by atoms with van der Waals surface area (Å²) in [5.74, 6) is 0. The third kappa shape index (κ3) is 6.55. The Morgan fingerprint density at radius 3 is 2.05 bits per heavy atom. The van der Waals surface area contributed by atoms with Crippen molar-refractivity contribution in [3.05, 3.63) is 48.0 Å². The van der Waals surface area contributed by atoms with Crippen molar-refractivity contribution in [3.63, 3.8) is 0 Å². The Morgan fingerprint density at radius 2 is 1.29 bits per heavy atom. The smallest absolute Gasteiger partial charge is 0 e. The van der Waals surface area contributed by atoms with E-state index in [-0.39, 0.29) is 29.6 Å². The molecule has 0 atom stereocenters. The zero-order valence-electron chi connectivity index (χ0n) is 13.9. The molecule has 0 unspecified atom stereocenters. The Hall–Kier alpha value is -0.300. The van der Waals surface area contributed by atoms with Crippen LogP contribution in [0, 0.1) is 0 Å². The van der Waals surface area contributed by atoms with Crippen LogP contribution in [0.15, 0.2) is 42.5 Å². The fourth-order valence-corrected chi connectivity index (χ4v) is 2.96. The Kier molecular flexibility index (Phi) is 10.1. The molecule has 0 bridgehead atoms. The monoisotopic (exact) mass is 291 g/mol. The van der Waals surface area contributed by atoms with Gasteiger partial charge in [-0.15, -0.1) is 0 Å². The van der Waals surface area contributed by atoms with E-state index in [1.165, 1.54) is 74.1 Å². The van der Waals surface area contributed by atoms with Crippen LogP contribution in [0.2, 0.25) is 0 Å². The fraction of sp³-hybridized carbons (Fsp3) is 0.500. The van der Waals surface area contributed by atoms with Crippen molar-refractivity contribution in [2.75, 3.05) is 0 Å². The number of unbranched alkanes of at least 4 members (excludes halogenated alkanes) is 7. The van der Waals surface area contributed by atoms with E-state index in [0.29, 0.717) is 0 Å². The van der Waals surface area contributed by atoms with Crippen LogP contribution >= 0.6 is 0 Å². The summed E-state index contributed by atoms with van der Waals surface area (Å²) in [5.41, 5.74) is 1.52. The Bertz CT molecular complexity index is 499. The van der Waals surface area contributed by atoms with E-state index in [0.717, 1.165) is 0 Å². The van der Waals surface area contributed by atoms with E-state index in [1.54, 1.807) is 0 Å². The summed E-state index contributed by atoms with van der Waals surface area (Å²) >= 11 is 0. The second-order valence-corrected chi connectivity index (χ2v) is 5.86. The minimum Gasteiger partial charge on any atom is -0.0654 e. The minimum absolute atomic E-state index is 0. The molecule has 0 N–H and O–H groups in total. The van der Waals surface area contributed by atoms with Gasteiger partial charge in [0.15, 0.2) is 0 Å². The maximum absolute atomic E-state index is 2.30. The van der Waals surface area contributed by atoms with E-state index in [2.05, 4.69) is 49.4 Å². The summed E-state index contributed by atoms with van der Waals surface area (Å²) in [6.07, 6.45) is 12.4. The average molecular weight is 291 g/mol. The SMILES string of the molecule is CCCCCCCCCCc1cccc2ccccc12.[Na]. The largest absolute Gasteiger partial charge is 0.0654 e. The molecule has 0 heterocycles. The summed E-state index contributed by atoms with van der Waals surface area (Å²) < 4.78 is 0. The van der Waals surface area contributed by atoms with Gasteiger partial charge in [0.05, 0.1) is 0 Å². The number of hydrogen-bond donors (Lipinski definition) is 0. The summed E-state index contributed by atoms with van der Waals surface area (Å²) in [6.45, 7) is 2.28. The van der Waals surface area contributed by atoms with Crippen molar-refractivity contribution in [1.82, 2.24) is 0 Å². The van der Waals surface area contributed by atoms with Crippen LogP contribution in [0.4, 0.5) is 0 Å². The van der Waals surface area contributed by atoms with Gasteiger partial charge < -0.3 is 0 Å². The van der Waals surface area contributed by atoms with Gasteiger partial charge in [-0.2, -0.15) is 0 Å². The van der Waals surface area contributed by atoms with Gasteiger partial charge in [-0.25, -0.2) is 0 Å². The average Bonchev–Trinajstić information content (AvgIpc) is 2.50. The number of rotatable bonds is 9. The molecule has 1 radical (unpaired) electrons.